The van der Waals surface area contributed by atoms with E-state index in [0.717, 1.165) is 16.7 Å². The van der Waals surface area contributed by atoms with Crippen LogP contribution in [0.25, 0.3) is 11.1 Å². The smallest absolute Gasteiger partial charge is 0.257 e. The quantitative estimate of drug-likeness (QED) is 0.496. The molecule has 3 aromatic rings. The largest absolute Gasteiger partial charge is 0.496 e. The molecule has 6 nitrogen and oxygen atoms in total. The number of para-hydroxylation sites is 1. The lowest BCUT2D eigenvalue weighted by atomic mass is 10.0. The second-order valence-electron chi connectivity index (χ2n) is 8.39. The molecule has 1 fully saturated rings. The Morgan fingerprint density at radius 3 is 2.06 bits per heavy atom. The standard InChI is InChI=1S/C27H29NO5S/c1-32-19-20-7-9-21(10-8-20)22-11-13-23(14-12-22)34(30,31)24-15-17-28(18-16-24)27(29)25-5-3-4-6-26(25)33-2/h3-14,24H,15-19H2,1-2H3. The highest BCUT2D eigenvalue weighted by Gasteiger charge is 2.33. The van der Waals surface area contributed by atoms with Crippen LogP contribution in [0, 0.1) is 0 Å². The Hall–Kier alpha value is -3.16. The van der Waals surface area contributed by atoms with Crippen LogP contribution in [0.4, 0.5) is 0 Å². The maximum absolute atomic E-state index is 13.3. The minimum Gasteiger partial charge on any atom is -0.496 e. The van der Waals surface area contributed by atoms with Gasteiger partial charge in [-0.2, -0.15) is 0 Å². The van der Waals surface area contributed by atoms with E-state index < -0.39 is 15.1 Å². The maximum atomic E-state index is 13.3. The third-order valence-electron chi connectivity index (χ3n) is 6.29. The average Bonchev–Trinajstić information content (AvgIpc) is 2.89. The molecule has 0 spiro atoms. The number of carbonyl (C=O) groups excluding carboxylic acids is 1. The van der Waals surface area contributed by atoms with Crippen molar-refractivity contribution in [2.75, 3.05) is 27.3 Å². The van der Waals surface area contributed by atoms with Crippen LogP contribution in [0.3, 0.4) is 0 Å². The summed E-state index contributed by atoms with van der Waals surface area (Å²) in [5.74, 6) is 0.393. The molecule has 1 aliphatic heterocycles. The normalized spacial score (nSPS) is 14.7. The number of methoxy groups -OCH3 is 2. The van der Waals surface area contributed by atoms with Gasteiger partial charge in [0.2, 0.25) is 0 Å². The number of ether oxygens (including phenoxy) is 2. The summed E-state index contributed by atoms with van der Waals surface area (Å²) in [7, 11) is -0.285. The SMILES string of the molecule is COCc1ccc(-c2ccc(S(=O)(=O)C3CCN(C(=O)c4ccccc4OC)CC3)cc2)cc1. The molecule has 1 heterocycles. The average molecular weight is 480 g/mol. The molecule has 0 aliphatic carbocycles. The topological polar surface area (TPSA) is 72.9 Å². The summed E-state index contributed by atoms with van der Waals surface area (Å²) >= 11 is 0. The van der Waals surface area contributed by atoms with E-state index in [1.54, 1.807) is 42.3 Å². The number of piperidine rings is 1. The van der Waals surface area contributed by atoms with Crippen molar-refractivity contribution in [3.8, 4) is 16.9 Å². The summed E-state index contributed by atoms with van der Waals surface area (Å²) < 4.78 is 37.0. The molecule has 0 N–H and O–H groups in total. The molecule has 3 aromatic carbocycles. The molecule has 178 valence electrons. The van der Waals surface area contributed by atoms with Crippen molar-refractivity contribution in [2.45, 2.75) is 29.6 Å². The fourth-order valence-electron chi connectivity index (χ4n) is 4.35. The van der Waals surface area contributed by atoms with Gasteiger partial charge in [0, 0.05) is 20.2 Å². The number of benzene rings is 3. The van der Waals surface area contributed by atoms with Crippen LogP contribution >= 0.6 is 0 Å². The second kappa shape index (κ2) is 10.4. The predicted octanol–water partition coefficient (Wildman–Crippen LogP) is 4.59. The van der Waals surface area contributed by atoms with E-state index in [2.05, 4.69) is 0 Å². The van der Waals surface area contributed by atoms with E-state index in [4.69, 9.17) is 9.47 Å². The van der Waals surface area contributed by atoms with Crippen molar-refractivity contribution in [3.05, 3.63) is 83.9 Å². The monoisotopic (exact) mass is 479 g/mol. The molecule has 0 unspecified atom stereocenters. The number of nitrogens with zero attached hydrogens (tertiary/aromatic N) is 1. The van der Waals surface area contributed by atoms with Crippen LogP contribution < -0.4 is 4.74 Å². The van der Waals surface area contributed by atoms with Gasteiger partial charge in [-0.3, -0.25) is 4.79 Å². The van der Waals surface area contributed by atoms with Gasteiger partial charge in [-0.25, -0.2) is 8.42 Å². The fourth-order valence-corrected chi connectivity index (χ4v) is 6.08. The van der Waals surface area contributed by atoms with Crippen molar-refractivity contribution < 1.29 is 22.7 Å². The number of amides is 1. The minimum absolute atomic E-state index is 0.130. The lowest BCUT2D eigenvalue weighted by Gasteiger charge is -2.32. The molecule has 0 radical (unpaired) electrons. The Balaban J connectivity index is 1.42. The summed E-state index contributed by atoms with van der Waals surface area (Å²) in [4.78, 5) is 15.0. The molecular weight excluding hydrogens is 450 g/mol. The molecular formula is C27H29NO5S. The molecule has 34 heavy (non-hydrogen) atoms. The number of carbonyl (C=O) groups is 1. The molecule has 0 bridgehead atoms. The third-order valence-corrected chi connectivity index (χ3v) is 8.56. The number of likely N-dealkylation sites (tertiary alicyclic amines) is 1. The molecule has 0 saturated carbocycles. The lowest BCUT2D eigenvalue weighted by Crippen LogP contribution is -2.42. The molecule has 1 saturated heterocycles. The van der Waals surface area contributed by atoms with Gasteiger partial charge in [-0.05, 0) is 53.8 Å². The summed E-state index contributed by atoms with van der Waals surface area (Å²) in [6.07, 6.45) is 0.817. The van der Waals surface area contributed by atoms with E-state index in [-0.39, 0.29) is 5.91 Å². The van der Waals surface area contributed by atoms with E-state index in [0.29, 0.717) is 48.7 Å². The molecule has 4 rings (SSSR count). The Bertz CT molecular complexity index is 1230. The minimum atomic E-state index is -3.48. The van der Waals surface area contributed by atoms with Crippen LogP contribution in [0.15, 0.2) is 77.7 Å². The van der Waals surface area contributed by atoms with E-state index in [1.165, 1.54) is 7.11 Å². The van der Waals surface area contributed by atoms with Crippen molar-refractivity contribution >= 4 is 15.7 Å². The first-order valence-corrected chi connectivity index (χ1v) is 12.8. The number of sulfone groups is 1. The zero-order valence-electron chi connectivity index (χ0n) is 19.4. The Morgan fingerprint density at radius 1 is 0.882 bits per heavy atom. The molecule has 1 aliphatic rings. The van der Waals surface area contributed by atoms with Gasteiger partial charge in [-0.1, -0.05) is 48.5 Å². The van der Waals surface area contributed by atoms with Crippen LogP contribution in [0.2, 0.25) is 0 Å². The van der Waals surface area contributed by atoms with E-state index in [9.17, 15) is 13.2 Å². The summed E-state index contributed by atoms with van der Waals surface area (Å²) in [5, 5.41) is -0.506. The third kappa shape index (κ3) is 5.00. The number of rotatable bonds is 7. The van der Waals surface area contributed by atoms with Gasteiger partial charge in [0.1, 0.15) is 5.75 Å². The van der Waals surface area contributed by atoms with Gasteiger partial charge >= 0.3 is 0 Å². The highest BCUT2D eigenvalue weighted by Crippen LogP contribution is 2.29. The molecule has 0 atom stereocenters. The fraction of sp³-hybridized carbons (Fsp3) is 0.296. The van der Waals surface area contributed by atoms with Crippen molar-refractivity contribution in [1.29, 1.82) is 0 Å². The maximum Gasteiger partial charge on any atom is 0.257 e. The summed E-state index contributed by atoms with van der Waals surface area (Å²) in [5.41, 5.74) is 3.56. The summed E-state index contributed by atoms with van der Waals surface area (Å²) in [6.45, 7) is 1.35. The van der Waals surface area contributed by atoms with Crippen LogP contribution in [-0.2, 0) is 21.2 Å². The first-order valence-electron chi connectivity index (χ1n) is 11.3. The first-order chi connectivity index (χ1) is 16.4. The van der Waals surface area contributed by atoms with Crippen LogP contribution in [-0.4, -0.2) is 51.8 Å². The Kier molecular flexibility index (Phi) is 7.34. The first kappa shape index (κ1) is 24.0. The van der Waals surface area contributed by atoms with Gasteiger partial charge in [-0.15, -0.1) is 0 Å². The Labute approximate surface area is 201 Å². The van der Waals surface area contributed by atoms with E-state index in [1.807, 2.05) is 42.5 Å². The molecule has 0 aromatic heterocycles. The zero-order valence-corrected chi connectivity index (χ0v) is 20.3. The van der Waals surface area contributed by atoms with Gasteiger partial charge < -0.3 is 14.4 Å². The van der Waals surface area contributed by atoms with Crippen molar-refractivity contribution in [1.82, 2.24) is 4.90 Å². The van der Waals surface area contributed by atoms with Crippen molar-refractivity contribution in [2.24, 2.45) is 0 Å². The lowest BCUT2D eigenvalue weighted by molar-refractivity contribution is 0.0722. The van der Waals surface area contributed by atoms with Crippen LogP contribution in [0.1, 0.15) is 28.8 Å². The molecule has 7 heteroatoms. The van der Waals surface area contributed by atoms with E-state index >= 15 is 0 Å². The second-order valence-corrected chi connectivity index (χ2v) is 10.6. The van der Waals surface area contributed by atoms with Crippen molar-refractivity contribution in [3.63, 3.8) is 0 Å². The van der Waals surface area contributed by atoms with Gasteiger partial charge in [0.05, 0.1) is 29.4 Å². The highest BCUT2D eigenvalue weighted by atomic mass is 32.2. The number of hydrogen-bond acceptors (Lipinski definition) is 5. The zero-order chi connectivity index (χ0) is 24.1. The Morgan fingerprint density at radius 2 is 1.47 bits per heavy atom. The molecule has 1 amide bonds. The predicted molar refractivity (Wildman–Crippen MR) is 132 cm³/mol. The van der Waals surface area contributed by atoms with Gasteiger partial charge in [0.25, 0.3) is 5.91 Å². The van der Waals surface area contributed by atoms with Crippen LogP contribution in [0.5, 0.6) is 5.75 Å². The number of hydrogen-bond donors (Lipinski definition) is 0. The van der Waals surface area contributed by atoms with Gasteiger partial charge in [0.15, 0.2) is 9.84 Å². The summed E-state index contributed by atoms with van der Waals surface area (Å²) in [6, 6.07) is 22.2. The highest BCUT2D eigenvalue weighted by molar-refractivity contribution is 7.92.